The number of amides is 2. The Hall–Kier alpha value is -3.01. The van der Waals surface area contributed by atoms with Crippen LogP contribution in [-0.4, -0.2) is 70.2 Å². The van der Waals surface area contributed by atoms with Crippen LogP contribution in [0.15, 0.2) is 24.3 Å². The molecule has 1 aliphatic rings. The molecule has 1 aromatic carbocycles. The lowest BCUT2D eigenvalue weighted by Gasteiger charge is -2.32. The van der Waals surface area contributed by atoms with Crippen molar-refractivity contribution in [2.75, 3.05) is 26.8 Å². The Labute approximate surface area is 162 Å². The lowest BCUT2D eigenvalue weighted by molar-refractivity contribution is -0.136. The van der Waals surface area contributed by atoms with Gasteiger partial charge in [-0.05, 0) is 31.2 Å². The van der Waals surface area contributed by atoms with Crippen molar-refractivity contribution in [2.24, 2.45) is 0 Å². The summed E-state index contributed by atoms with van der Waals surface area (Å²) < 4.78 is 10.9. The van der Waals surface area contributed by atoms with Gasteiger partial charge >= 0.3 is 0 Å². The first-order chi connectivity index (χ1) is 13.6. The van der Waals surface area contributed by atoms with Crippen LogP contribution >= 0.6 is 0 Å². The van der Waals surface area contributed by atoms with Gasteiger partial charge in [0.1, 0.15) is 18.5 Å². The second kappa shape index (κ2) is 9.27. The Bertz CT molecular complexity index is 772. The van der Waals surface area contributed by atoms with E-state index in [2.05, 4.69) is 25.9 Å². The molecular weight excluding hydrogens is 364 g/mol. The zero-order valence-corrected chi connectivity index (χ0v) is 15.9. The predicted octanol–water partition coefficient (Wildman–Crippen LogP) is 0.707. The smallest absolute Gasteiger partial charge is 0.251 e. The predicted molar refractivity (Wildman–Crippen MR) is 98.6 cm³/mol. The number of H-pyrrole nitrogens is 1. The summed E-state index contributed by atoms with van der Waals surface area (Å²) in [7, 11) is 1.52. The van der Waals surface area contributed by atoms with Crippen molar-refractivity contribution < 1.29 is 19.1 Å². The standard InChI is InChI=1S/C18H24N6O4/c1-12(17-20-22-23-21-17)19-18(26)13-3-5-14(6-4-13)28-15-7-9-24(10-8-15)16(25)11-27-2/h3-6,12,15H,7-11H2,1-2H3,(H,19,26)(H,20,21,22,23). The Balaban J connectivity index is 1.48. The van der Waals surface area contributed by atoms with Crippen molar-refractivity contribution in [1.29, 1.82) is 0 Å². The van der Waals surface area contributed by atoms with Crippen LogP contribution < -0.4 is 10.1 Å². The molecule has 1 aromatic heterocycles. The highest BCUT2D eigenvalue weighted by Crippen LogP contribution is 2.20. The van der Waals surface area contributed by atoms with Gasteiger partial charge in [0.15, 0.2) is 5.82 Å². The zero-order valence-electron chi connectivity index (χ0n) is 15.9. The molecular formula is C18H24N6O4. The average molecular weight is 388 g/mol. The summed E-state index contributed by atoms with van der Waals surface area (Å²) in [5, 5.41) is 16.4. The molecule has 0 saturated carbocycles. The lowest BCUT2D eigenvalue weighted by Crippen LogP contribution is -2.43. The summed E-state index contributed by atoms with van der Waals surface area (Å²) in [6.45, 7) is 3.20. The maximum atomic E-state index is 12.3. The number of tetrazole rings is 1. The Morgan fingerprint density at radius 2 is 2.00 bits per heavy atom. The Morgan fingerprint density at radius 1 is 1.29 bits per heavy atom. The van der Waals surface area contributed by atoms with Crippen LogP contribution in [0, 0.1) is 0 Å². The van der Waals surface area contributed by atoms with E-state index < -0.39 is 0 Å². The van der Waals surface area contributed by atoms with Crippen LogP contribution in [0.4, 0.5) is 0 Å². The first-order valence-corrected chi connectivity index (χ1v) is 9.14. The number of carbonyl (C=O) groups excluding carboxylic acids is 2. The Morgan fingerprint density at radius 3 is 2.61 bits per heavy atom. The van der Waals surface area contributed by atoms with Gasteiger partial charge in [0.05, 0.1) is 6.04 Å². The second-order valence-corrected chi connectivity index (χ2v) is 6.62. The van der Waals surface area contributed by atoms with Gasteiger partial charge in [-0.15, -0.1) is 10.2 Å². The molecule has 2 amide bonds. The zero-order chi connectivity index (χ0) is 19.9. The molecule has 10 heteroatoms. The SMILES string of the molecule is COCC(=O)N1CCC(Oc2ccc(C(=O)NC(C)c3nn[nH]n3)cc2)CC1. The fourth-order valence-electron chi connectivity index (χ4n) is 3.01. The molecule has 0 bridgehead atoms. The topological polar surface area (TPSA) is 122 Å². The van der Waals surface area contributed by atoms with E-state index in [1.165, 1.54) is 7.11 Å². The number of ether oxygens (including phenoxy) is 2. The third kappa shape index (κ3) is 5.03. The van der Waals surface area contributed by atoms with Crippen LogP contribution in [0.3, 0.4) is 0 Å². The number of likely N-dealkylation sites (tertiary alicyclic amines) is 1. The highest BCUT2D eigenvalue weighted by Gasteiger charge is 2.23. The molecule has 0 aliphatic carbocycles. The second-order valence-electron chi connectivity index (χ2n) is 6.62. The van der Waals surface area contributed by atoms with Gasteiger partial charge in [-0.1, -0.05) is 5.21 Å². The fourth-order valence-corrected chi connectivity index (χ4v) is 3.01. The Kier molecular flexibility index (Phi) is 6.53. The van der Waals surface area contributed by atoms with Gasteiger partial charge < -0.3 is 19.7 Å². The van der Waals surface area contributed by atoms with Gasteiger partial charge in [-0.25, -0.2) is 0 Å². The number of nitrogens with one attached hydrogen (secondary N) is 2. The van der Waals surface area contributed by atoms with E-state index in [0.717, 1.165) is 12.8 Å². The van der Waals surface area contributed by atoms with Crippen molar-refractivity contribution in [1.82, 2.24) is 30.8 Å². The molecule has 2 heterocycles. The van der Waals surface area contributed by atoms with E-state index in [4.69, 9.17) is 9.47 Å². The molecule has 1 saturated heterocycles. The molecule has 3 rings (SSSR count). The quantitative estimate of drug-likeness (QED) is 0.716. The monoisotopic (exact) mass is 388 g/mol. The number of aromatic amines is 1. The molecule has 2 aromatic rings. The molecule has 28 heavy (non-hydrogen) atoms. The highest BCUT2D eigenvalue weighted by atomic mass is 16.5. The van der Waals surface area contributed by atoms with Crippen molar-refractivity contribution in [2.45, 2.75) is 31.9 Å². The summed E-state index contributed by atoms with van der Waals surface area (Å²) in [5.41, 5.74) is 0.516. The van der Waals surface area contributed by atoms with Gasteiger partial charge in [-0.2, -0.15) is 5.21 Å². The molecule has 1 atom stereocenters. The normalized spacial score (nSPS) is 15.9. The molecule has 10 nitrogen and oxygen atoms in total. The number of rotatable bonds is 7. The third-order valence-corrected chi connectivity index (χ3v) is 4.58. The minimum absolute atomic E-state index is 0.00589. The molecule has 0 spiro atoms. The minimum atomic E-state index is -0.354. The van der Waals surface area contributed by atoms with Crippen molar-refractivity contribution in [3.05, 3.63) is 35.7 Å². The van der Waals surface area contributed by atoms with Crippen LogP contribution in [-0.2, 0) is 9.53 Å². The number of nitrogens with zero attached hydrogens (tertiary/aromatic N) is 4. The number of piperidine rings is 1. The first-order valence-electron chi connectivity index (χ1n) is 9.14. The molecule has 150 valence electrons. The van der Waals surface area contributed by atoms with Crippen molar-refractivity contribution in [3.8, 4) is 5.75 Å². The maximum absolute atomic E-state index is 12.3. The fraction of sp³-hybridized carbons (Fsp3) is 0.500. The lowest BCUT2D eigenvalue weighted by atomic mass is 10.1. The number of carbonyl (C=O) groups is 2. The summed E-state index contributed by atoms with van der Waals surface area (Å²) in [4.78, 5) is 25.9. The van der Waals surface area contributed by atoms with Gasteiger partial charge in [-0.3, -0.25) is 9.59 Å². The van der Waals surface area contributed by atoms with E-state index >= 15 is 0 Å². The summed E-state index contributed by atoms with van der Waals surface area (Å²) in [6.07, 6.45) is 1.57. The van der Waals surface area contributed by atoms with Crippen molar-refractivity contribution in [3.63, 3.8) is 0 Å². The van der Waals surface area contributed by atoms with E-state index in [9.17, 15) is 9.59 Å². The van der Waals surface area contributed by atoms with Gasteiger partial charge in [0, 0.05) is 38.6 Å². The largest absolute Gasteiger partial charge is 0.490 e. The van der Waals surface area contributed by atoms with Gasteiger partial charge in [0.2, 0.25) is 5.91 Å². The summed E-state index contributed by atoms with van der Waals surface area (Å²) >= 11 is 0. The minimum Gasteiger partial charge on any atom is -0.490 e. The van der Waals surface area contributed by atoms with Crippen molar-refractivity contribution >= 4 is 11.8 Å². The number of aromatic nitrogens is 4. The molecule has 0 radical (unpaired) electrons. The first kappa shape index (κ1) is 19.7. The van der Waals surface area contributed by atoms with E-state index in [0.29, 0.717) is 30.2 Å². The number of methoxy groups -OCH3 is 1. The molecule has 1 unspecified atom stereocenters. The van der Waals surface area contributed by atoms with Crippen LogP contribution in [0.25, 0.3) is 0 Å². The molecule has 1 aliphatic heterocycles. The number of benzene rings is 1. The number of hydrogen-bond donors (Lipinski definition) is 2. The van der Waals surface area contributed by atoms with Crippen LogP contribution in [0.2, 0.25) is 0 Å². The van der Waals surface area contributed by atoms with E-state index in [1.54, 1.807) is 36.1 Å². The van der Waals surface area contributed by atoms with Crippen LogP contribution in [0.1, 0.15) is 42.0 Å². The summed E-state index contributed by atoms with van der Waals surface area (Å²) in [6, 6.07) is 6.62. The van der Waals surface area contributed by atoms with E-state index in [1.807, 2.05) is 0 Å². The molecule has 2 N–H and O–H groups in total. The number of hydrogen-bond acceptors (Lipinski definition) is 7. The van der Waals surface area contributed by atoms with E-state index in [-0.39, 0.29) is 30.6 Å². The third-order valence-electron chi connectivity index (χ3n) is 4.58. The molecule has 1 fully saturated rings. The highest BCUT2D eigenvalue weighted by molar-refractivity contribution is 5.94. The van der Waals surface area contributed by atoms with Gasteiger partial charge in [0.25, 0.3) is 5.91 Å². The average Bonchev–Trinajstić information content (AvgIpc) is 3.24. The maximum Gasteiger partial charge on any atom is 0.251 e. The summed E-state index contributed by atoms with van der Waals surface area (Å²) in [5.74, 6) is 0.897. The van der Waals surface area contributed by atoms with Crippen LogP contribution in [0.5, 0.6) is 5.75 Å².